The molecule has 0 bridgehead atoms. The quantitative estimate of drug-likeness (QED) is 0.496. The van der Waals surface area contributed by atoms with E-state index in [2.05, 4.69) is 20.3 Å². The third-order valence-electron chi connectivity index (χ3n) is 4.12. The molecule has 6 nitrogen and oxygen atoms in total. The van der Waals surface area contributed by atoms with E-state index in [4.69, 9.17) is 11.6 Å². The second-order valence-electron chi connectivity index (χ2n) is 6.09. The number of rotatable bonds is 5. The Bertz CT molecular complexity index is 1150. The Morgan fingerprint density at radius 3 is 3.00 bits per heavy atom. The van der Waals surface area contributed by atoms with Gasteiger partial charge in [-0.3, -0.25) is 14.2 Å². The topological polar surface area (TPSA) is 72.2 Å². The number of pyridine rings is 2. The highest BCUT2D eigenvalue weighted by Gasteiger charge is 2.13. The average Bonchev–Trinajstić information content (AvgIpc) is 3.31. The zero-order chi connectivity index (χ0) is 19.5. The number of fused-ring (bicyclic) bond motifs is 1. The normalized spacial score (nSPS) is 12.5. The lowest BCUT2D eigenvalue weighted by molar-refractivity contribution is -0.117. The van der Waals surface area contributed by atoms with Gasteiger partial charge in [-0.2, -0.15) is 0 Å². The molecule has 0 aliphatic rings. The third kappa shape index (κ3) is 3.81. The largest absolute Gasteiger partial charge is 0.344 e. The SMILES string of the molecule is CC(NC(=O)C=Cc1c(Cl)nc2ccccn12)c1nc(-c2cccnc2)cs1. The van der Waals surface area contributed by atoms with Gasteiger partial charge in [0.05, 0.1) is 17.4 Å². The monoisotopic (exact) mass is 409 g/mol. The summed E-state index contributed by atoms with van der Waals surface area (Å²) < 4.78 is 1.83. The maximum Gasteiger partial charge on any atom is 0.244 e. The second-order valence-corrected chi connectivity index (χ2v) is 7.34. The smallest absolute Gasteiger partial charge is 0.244 e. The first-order chi connectivity index (χ1) is 13.6. The molecular weight excluding hydrogens is 394 g/mol. The number of nitrogens with zero attached hydrogens (tertiary/aromatic N) is 4. The van der Waals surface area contributed by atoms with Crippen molar-refractivity contribution in [1.29, 1.82) is 0 Å². The van der Waals surface area contributed by atoms with E-state index >= 15 is 0 Å². The van der Waals surface area contributed by atoms with Crippen molar-refractivity contribution < 1.29 is 4.79 Å². The van der Waals surface area contributed by atoms with E-state index < -0.39 is 0 Å². The molecule has 0 spiro atoms. The van der Waals surface area contributed by atoms with E-state index in [1.807, 2.05) is 53.2 Å². The van der Waals surface area contributed by atoms with Crippen LogP contribution in [-0.2, 0) is 4.79 Å². The second kappa shape index (κ2) is 7.92. The van der Waals surface area contributed by atoms with E-state index in [1.54, 1.807) is 18.5 Å². The molecule has 4 rings (SSSR count). The van der Waals surface area contributed by atoms with E-state index in [-0.39, 0.29) is 11.9 Å². The summed E-state index contributed by atoms with van der Waals surface area (Å²) in [5.74, 6) is -0.229. The van der Waals surface area contributed by atoms with Crippen LogP contribution in [0.4, 0.5) is 0 Å². The Morgan fingerprint density at radius 1 is 1.29 bits per heavy atom. The summed E-state index contributed by atoms with van der Waals surface area (Å²) in [6.45, 7) is 1.90. The van der Waals surface area contributed by atoms with Crippen LogP contribution in [0, 0.1) is 0 Å². The molecule has 4 aromatic rings. The van der Waals surface area contributed by atoms with Crippen molar-refractivity contribution in [2.75, 3.05) is 0 Å². The molecule has 1 amide bonds. The number of hydrogen-bond acceptors (Lipinski definition) is 5. The third-order valence-corrected chi connectivity index (χ3v) is 5.43. The minimum atomic E-state index is -0.229. The Labute approximate surface area is 170 Å². The van der Waals surface area contributed by atoms with E-state index in [0.29, 0.717) is 10.8 Å². The van der Waals surface area contributed by atoms with Crippen molar-refractivity contribution in [2.24, 2.45) is 0 Å². The molecule has 8 heteroatoms. The predicted molar refractivity (Wildman–Crippen MR) is 111 cm³/mol. The number of carbonyl (C=O) groups is 1. The van der Waals surface area contributed by atoms with Gasteiger partial charge in [0.25, 0.3) is 0 Å². The molecule has 4 aromatic heterocycles. The van der Waals surface area contributed by atoms with Gasteiger partial charge in [-0.05, 0) is 37.3 Å². The van der Waals surface area contributed by atoms with Crippen LogP contribution in [0.3, 0.4) is 0 Å². The number of aromatic nitrogens is 4. The number of thiazole rings is 1. The molecule has 0 saturated carbocycles. The molecule has 1 atom stereocenters. The zero-order valence-electron chi connectivity index (χ0n) is 14.9. The van der Waals surface area contributed by atoms with Crippen LogP contribution in [0.1, 0.15) is 23.7 Å². The summed E-state index contributed by atoms with van der Waals surface area (Å²) >= 11 is 7.69. The van der Waals surface area contributed by atoms with Gasteiger partial charge in [0.1, 0.15) is 10.7 Å². The predicted octanol–water partition coefficient (Wildman–Crippen LogP) is 4.40. The highest BCUT2D eigenvalue weighted by atomic mass is 35.5. The molecule has 0 saturated heterocycles. The first-order valence-corrected chi connectivity index (χ1v) is 9.84. The van der Waals surface area contributed by atoms with Crippen LogP contribution in [0.5, 0.6) is 0 Å². The Balaban J connectivity index is 1.45. The van der Waals surface area contributed by atoms with Gasteiger partial charge in [-0.15, -0.1) is 11.3 Å². The molecule has 0 radical (unpaired) electrons. The van der Waals surface area contributed by atoms with Gasteiger partial charge in [0, 0.05) is 35.6 Å². The highest BCUT2D eigenvalue weighted by molar-refractivity contribution is 7.10. The van der Waals surface area contributed by atoms with E-state index in [0.717, 1.165) is 21.9 Å². The lowest BCUT2D eigenvalue weighted by Crippen LogP contribution is -2.24. The van der Waals surface area contributed by atoms with Gasteiger partial charge in [0.2, 0.25) is 5.91 Å². The van der Waals surface area contributed by atoms with Gasteiger partial charge in [0.15, 0.2) is 5.15 Å². The van der Waals surface area contributed by atoms with Crippen molar-refractivity contribution >= 4 is 40.6 Å². The molecular formula is C20H16ClN5OS. The number of carbonyl (C=O) groups excluding carboxylic acids is 1. The van der Waals surface area contributed by atoms with E-state index in [1.165, 1.54) is 17.4 Å². The fourth-order valence-electron chi connectivity index (χ4n) is 2.75. The molecule has 140 valence electrons. The molecule has 0 aromatic carbocycles. The Hall–Kier alpha value is -3.03. The number of nitrogens with one attached hydrogen (secondary N) is 1. The summed E-state index contributed by atoms with van der Waals surface area (Å²) in [6.07, 6.45) is 8.46. The van der Waals surface area contributed by atoms with Gasteiger partial charge in [-0.25, -0.2) is 9.97 Å². The van der Waals surface area contributed by atoms with Crippen molar-refractivity contribution in [1.82, 2.24) is 24.7 Å². The standard InChI is InChI=1S/C20H16ClN5OS/c1-13(20-24-15(12-28-20)14-5-4-9-22-11-14)23-18(27)8-7-16-19(21)25-17-6-2-3-10-26(16)17/h2-13H,1H3,(H,23,27). The van der Waals surface area contributed by atoms with Crippen molar-refractivity contribution in [3.8, 4) is 11.3 Å². The summed E-state index contributed by atoms with van der Waals surface area (Å²) in [5, 5.41) is 6.06. The number of halogens is 1. The molecule has 1 N–H and O–H groups in total. The summed E-state index contributed by atoms with van der Waals surface area (Å²) in [4.78, 5) is 25.3. The van der Waals surface area contributed by atoms with Crippen LogP contribution in [0.15, 0.2) is 60.4 Å². The molecule has 28 heavy (non-hydrogen) atoms. The van der Waals surface area contributed by atoms with Gasteiger partial charge < -0.3 is 5.32 Å². The summed E-state index contributed by atoms with van der Waals surface area (Å²) in [6, 6.07) is 9.23. The average molecular weight is 410 g/mol. The Morgan fingerprint density at radius 2 is 2.18 bits per heavy atom. The lowest BCUT2D eigenvalue weighted by Gasteiger charge is -2.09. The molecule has 0 aliphatic heterocycles. The fourth-order valence-corrected chi connectivity index (χ4v) is 3.82. The number of hydrogen-bond donors (Lipinski definition) is 1. The van der Waals surface area contributed by atoms with Crippen molar-refractivity contribution in [2.45, 2.75) is 13.0 Å². The summed E-state index contributed by atoms with van der Waals surface area (Å²) in [5.41, 5.74) is 3.19. The van der Waals surface area contributed by atoms with Crippen LogP contribution in [0.25, 0.3) is 23.0 Å². The van der Waals surface area contributed by atoms with Crippen molar-refractivity contribution in [3.63, 3.8) is 0 Å². The maximum atomic E-state index is 12.3. The minimum absolute atomic E-state index is 0.217. The van der Waals surface area contributed by atoms with E-state index in [9.17, 15) is 4.79 Å². The lowest BCUT2D eigenvalue weighted by atomic mass is 10.2. The first-order valence-electron chi connectivity index (χ1n) is 8.59. The van der Waals surface area contributed by atoms with Gasteiger partial charge >= 0.3 is 0 Å². The molecule has 1 unspecified atom stereocenters. The highest BCUT2D eigenvalue weighted by Crippen LogP contribution is 2.25. The maximum absolute atomic E-state index is 12.3. The number of amides is 1. The molecule has 4 heterocycles. The molecule has 0 fully saturated rings. The summed E-state index contributed by atoms with van der Waals surface area (Å²) in [7, 11) is 0. The van der Waals surface area contributed by atoms with Gasteiger partial charge in [-0.1, -0.05) is 17.7 Å². The zero-order valence-corrected chi connectivity index (χ0v) is 16.5. The first kappa shape index (κ1) is 18.3. The Kier molecular flexibility index (Phi) is 5.18. The van der Waals surface area contributed by atoms with Crippen molar-refractivity contribution in [3.05, 3.63) is 76.2 Å². The van der Waals surface area contributed by atoms with Crippen LogP contribution >= 0.6 is 22.9 Å². The van der Waals surface area contributed by atoms with Crippen LogP contribution in [-0.4, -0.2) is 25.3 Å². The fraction of sp³-hybridized carbons (Fsp3) is 0.100. The number of imidazole rings is 1. The van der Waals surface area contributed by atoms with Crippen LogP contribution < -0.4 is 5.32 Å². The van der Waals surface area contributed by atoms with Crippen LogP contribution in [0.2, 0.25) is 5.15 Å². The molecule has 0 aliphatic carbocycles. The minimum Gasteiger partial charge on any atom is -0.344 e.